The first-order chi connectivity index (χ1) is 6.59. The maximum Gasteiger partial charge on any atom is 0.124 e. The van der Waals surface area contributed by atoms with Crippen molar-refractivity contribution in [2.24, 2.45) is 7.05 Å². The lowest BCUT2D eigenvalue weighted by molar-refractivity contribution is 0.782. The summed E-state index contributed by atoms with van der Waals surface area (Å²) in [6.07, 6.45) is 0. The molecule has 0 aliphatic carbocycles. The van der Waals surface area contributed by atoms with E-state index in [0.29, 0.717) is 0 Å². The summed E-state index contributed by atoms with van der Waals surface area (Å²) in [5.41, 5.74) is 8.96. The predicted octanol–water partition coefficient (Wildman–Crippen LogP) is 2.80. The number of halogens is 1. The topological polar surface area (TPSA) is 43.8 Å². The number of hydrogen-bond donors (Lipinski definition) is 1. The zero-order valence-corrected chi connectivity index (χ0v) is 10.3. The molecule has 3 nitrogen and oxygen atoms in total. The van der Waals surface area contributed by atoms with Gasteiger partial charge in [0.15, 0.2) is 0 Å². The Morgan fingerprint density at radius 2 is 2.29 bits per heavy atom. The number of anilines is 1. The predicted molar refractivity (Wildman–Crippen MR) is 63.4 cm³/mol. The summed E-state index contributed by atoms with van der Waals surface area (Å²) >= 11 is 5.08. The number of hydrogen-bond acceptors (Lipinski definition) is 3. The highest BCUT2D eigenvalue weighted by Gasteiger charge is 2.12. The molecule has 0 bridgehead atoms. The fourth-order valence-corrected chi connectivity index (χ4v) is 2.49. The second-order valence-corrected chi connectivity index (χ2v) is 5.41. The van der Waals surface area contributed by atoms with Crippen LogP contribution in [-0.2, 0) is 7.05 Å². The van der Waals surface area contributed by atoms with E-state index in [1.165, 1.54) is 0 Å². The molecule has 0 saturated heterocycles. The minimum atomic E-state index is 0.724. The number of rotatable bonds is 1. The Hall–Kier alpha value is -0.810. The first-order valence-corrected chi connectivity index (χ1v) is 5.80. The van der Waals surface area contributed by atoms with Gasteiger partial charge in [-0.1, -0.05) is 0 Å². The fraction of sp³-hybridized carbons (Fsp3) is 0.222. The highest BCUT2D eigenvalue weighted by atomic mass is 79.9. The molecule has 5 heteroatoms. The van der Waals surface area contributed by atoms with Crippen LogP contribution in [0.4, 0.5) is 5.82 Å². The molecule has 14 heavy (non-hydrogen) atoms. The Labute approximate surface area is 94.7 Å². The van der Waals surface area contributed by atoms with E-state index in [1.54, 1.807) is 16.0 Å². The Morgan fingerprint density at radius 3 is 2.71 bits per heavy atom. The molecule has 0 saturated carbocycles. The van der Waals surface area contributed by atoms with E-state index in [-0.39, 0.29) is 0 Å². The summed E-state index contributed by atoms with van der Waals surface area (Å²) in [5, 5.41) is 6.44. The lowest BCUT2D eigenvalue weighted by Gasteiger charge is -1.92. The zero-order valence-electron chi connectivity index (χ0n) is 7.91. The molecule has 2 heterocycles. The standard InChI is InChI=1S/C9H10BrN3S/c1-5-8(12-13(2)9(5)11)6-3-7(10)14-4-6/h3-4H,11H2,1-2H3. The molecule has 2 N–H and O–H groups in total. The molecule has 0 fully saturated rings. The number of aryl methyl sites for hydroxylation is 1. The second kappa shape index (κ2) is 3.40. The smallest absolute Gasteiger partial charge is 0.124 e. The van der Waals surface area contributed by atoms with Crippen LogP contribution >= 0.6 is 27.3 Å². The van der Waals surface area contributed by atoms with Crippen molar-refractivity contribution in [3.8, 4) is 11.3 Å². The van der Waals surface area contributed by atoms with Crippen LogP contribution in [0, 0.1) is 6.92 Å². The van der Waals surface area contributed by atoms with Gasteiger partial charge < -0.3 is 5.73 Å². The van der Waals surface area contributed by atoms with Gasteiger partial charge in [0.1, 0.15) is 5.82 Å². The van der Waals surface area contributed by atoms with Crippen molar-refractivity contribution >= 4 is 33.1 Å². The SMILES string of the molecule is Cc1c(-c2csc(Br)c2)nn(C)c1N. The minimum absolute atomic E-state index is 0.724. The van der Waals surface area contributed by atoms with Crippen LogP contribution < -0.4 is 5.73 Å². The van der Waals surface area contributed by atoms with Crippen LogP contribution in [0.3, 0.4) is 0 Å². The van der Waals surface area contributed by atoms with Gasteiger partial charge in [-0.3, -0.25) is 4.68 Å². The fourth-order valence-electron chi connectivity index (χ4n) is 1.35. The summed E-state index contributed by atoms with van der Waals surface area (Å²) in [6, 6.07) is 2.05. The molecule has 0 unspecified atom stereocenters. The first-order valence-electron chi connectivity index (χ1n) is 4.13. The largest absolute Gasteiger partial charge is 0.384 e. The van der Waals surface area contributed by atoms with Gasteiger partial charge in [-0.25, -0.2) is 0 Å². The number of nitrogen functional groups attached to an aromatic ring is 1. The van der Waals surface area contributed by atoms with Crippen LogP contribution in [0.2, 0.25) is 0 Å². The molecule has 2 aromatic rings. The number of nitrogens with zero attached hydrogens (tertiary/aromatic N) is 2. The Balaban J connectivity index is 2.57. The summed E-state index contributed by atoms with van der Waals surface area (Å²) < 4.78 is 2.81. The highest BCUT2D eigenvalue weighted by molar-refractivity contribution is 9.11. The van der Waals surface area contributed by atoms with E-state index in [1.807, 2.05) is 14.0 Å². The van der Waals surface area contributed by atoms with E-state index in [9.17, 15) is 0 Å². The normalized spacial score (nSPS) is 10.8. The van der Waals surface area contributed by atoms with Crippen molar-refractivity contribution in [1.82, 2.24) is 9.78 Å². The first kappa shape index (κ1) is 9.73. The van der Waals surface area contributed by atoms with Gasteiger partial charge >= 0.3 is 0 Å². The van der Waals surface area contributed by atoms with E-state index in [4.69, 9.17) is 5.73 Å². The molecule has 0 amide bonds. The van der Waals surface area contributed by atoms with Gasteiger partial charge in [0.05, 0.1) is 9.48 Å². The van der Waals surface area contributed by atoms with Gasteiger partial charge in [0.2, 0.25) is 0 Å². The van der Waals surface area contributed by atoms with Crippen LogP contribution in [0.25, 0.3) is 11.3 Å². The van der Waals surface area contributed by atoms with Gasteiger partial charge in [-0.2, -0.15) is 5.10 Å². The molecule has 2 rings (SSSR count). The van der Waals surface area contributed by atoms with Crippen molar-refractivity contribution in [1.29, 1.82) is 0 Å². The van der Waals surface area contributed by atoms with Crippen LogP contribution in [0.5, 0.6) is 0 Å². The van der Waals surface area contributed by atoms with Crippen LogP contribution in [0.15, 0.2) is 15.2 Å². The minimum Gasteiger partial charge on any atom is -0.384 e. The highest BCUT2D eigenvalue weighted by Crippen LogP contribution is 2.31. The number of aromatic nitrogens is 2. The van der Waals surface area contributed by atoms with Gasteiger partial charge in [0, 0.05) is 23.6 Å². The lowest BCUT2D eigenvalue weighted by atomic mass is 10.1. The molecule has 2 aromatic heterocycles. The van der Waals surface area contributed by atoms with E-state index in [0.717, 1.165) is 26.4 Å². The molecule has 0 radical (unpaired) electrons. The van der Waals surface area contributed by atoms with Gasteiger partial charge in [-0.15, -0.1) is 11.3 Å². The van der Waals surface area contributed by atoms with Crippen molar-refractivity contribution in [2.75, 3.05) is 5.73 Å². The molecule has 0 aliphatic rings. The maximum atomic E-state index is 5.84. The van der Waals surface area contributed by atoms with Crippen molar-refractivity contribution in [2.45, 2.75) is 6.92 Å². The Kier molecular flexibility index (Phi) is 2.36. The molecule has 0 aliphatic heterocycles. The molecule has 74 valence electrons. The summed E-state index contributed by atoms with van der Waals surface area (Å²) in [7, 11) is 1.85. The van der Waals surface area contributed by atoms with Crippen LogP contribution in [-0.4, -0.2) is 9.78 Å². The number of thiophene rings is 1. The van der Waals surface area contributed by atoms with E-state index >= 15 is 0 Å². The number of nitrogens with two attached hydrogens (primary N) is 1. The average molecular weight is 272 g/mol. The van der Waals surface area contributed by atoms with Crippen LogP contribution in [0.1, 0.15) is 5.56 Å². The lowest BCUT2D eigenvalue weighted by Crippen LogP contribution is -1.97. The Morgan fingerprint density at radius 1 is 1.57 bits per heavy atom. The molecular weight excluding hydrogens is 262 g/mol. The van der Waals surface area contributed by atoms with Gasteiger partial charge in [-0.05, 0) is 28.9 Å². The van der Waals surface area contributed by atoms with E-state index in [2.05, 4.69) is 32.5 Å². The molecule has 0 spiro atoms. The molecule has 0 atom stereocenters. The summed E-state index contributed by atoms with van der Waals surface area (Å²) in [6.45, 7) is 1.99. The monoisotopic (exact) mass is 271 g/mol. The zero-order chi connectivity index (χ0) is 10.3. The third-order valence-electron chi connectivity index (χ3n) is 2.18. The third-order valence-corrected chi connectivity index (χ3v) is 3.68. The van der Waals surface area contributed by atoms with E-state index < -0.39 is 0 Å². The Bertz CT molecular complexity index is 472. The average Bonchev–Trinajstić information content (AvgIpc) is 2.66. The molecular formula is C9H10BrN3S. The third kappa shape index (κ3) is 1.46. The summed E-state index contributed by atoms with van der Waals surface area (Å²) in [5.74, 6) is 0.724. The second-order valence-electron chi connectivity index (χ2n) is 3.12. The van der Waals surface area contributed by atoms with Crippen molar-refractivity contribution in [3.05, 3.63) is 20.8 Å². The maximum absolute atomic E-state index is 5.84. The molecule has 0 aromatic carbocycles. The van der Waals surface area contributed by atoms with Gasteiger partial charge in [0.25, 0.3) is 0 Å². The van der Waals surface area contributed by atoms with Crippen molar-refractivity contribution in [3.63, 3.8) is 0 Å². The summed E-state index contributed by atoms with van der Waals surface area (Å²) in [4.78, 5) is 0. The quantitative estimate of drug-likeness (QED) is 0.867. The van der Waals surface area contributed by atoms with Crippen molar-refractivity contribution < 1.29 is 0 Å².